The Morgan fingerprint density at radius 2 is 1.52 bits per heavy atom. The number of nitrogens with one attached hydrogen (secondary N) is 1. The van der Waals surface area contributed by atoms with Crippen molar-refractivity contribution in [2.45, 2.75) is 20.5 Å². The number of benzene rings is 3. The lowest BCUT2D eigenvalue weighted by Crippen LogP contribution is -2.17. The SMILES string of the molecule is CC(=O)Oc1ccc(/C=N\NC(=O)c2ccc(OCc3ccccc3)cc2)c(OC(C)=O)c1. The van der Waals surface area contributed by atoms with Crippen LogP contribution in [0, 0.1) is 0 Å². The monoisotopic (exact) mass is 446 g/mol. The molecule has 1 amide bonds. The van der Waals surface area contributed by atoms with E-state index in [0.29, 0.717) is 23.5 Å². The highest BCUT2D eigenvalue weighted by molar-refractivity contribution is 5.95. The summed E-state index contributed by atoms with van der Waals surface area (Å²) in [4.78, 5) is 34.8. The van der Waals surface area contributed by atoms with Crippen LogP contribution in [0.3, 0.4) is 0 Å². The fourth-order valence-electron chi connectivity index (χ4n) is 2.76. The van der Waals surface area contributed by atoms with Gasteiger partial charge in [0.05, 0.1) is 6.21 Å². The van der Waals surface area contributed by atoms with Crippen molar-refractivity contribution >= 4 is 24.1 Å². The molecule has 3 aromatic carbocycles. The van der Waals surface area contributed by atoms with Crippen LogP contribution in [0.2, 0.25) is 0 Å². The highest BCUT2D eigenvalue weighted by Crippen LogP contribution is 2.24. The van der Waals surface area contributed by atoms with Crippen molar-refractivity contribution < 1.29 is 28.6 Å². The van der Waals surface area contributed by atoms with Gasteiger partial charge in [-0.05, 0) is 42.0 Å². The minimum Gasteiger partial charge on any atom is -0.489 e. The fourth-order valence-corrected chi connectivity index (χ4v) is 2.76. The lowest BCUT2D eigenvalue weighted by molar-refractivity contribution is -0.132. The van der Waals surface area contributed by atoms with Crippen LogP contribution in [-0.4, -0.2) is 24.1 Å². The topological polar surface area (TPSA) is 103 Å². The first kappa shape index (κ1) is 23.2. The van der Waals surface area contributed by atoms with Gasteiger partial charge in [0.25, 0.3) is 5.91 Å². The molecule has 33 heavy (non-hydrogen) atoms. The van der Waals surface area contributed by atoms with Gasteiger partial charge in [0.2, 0.25) is 0 Å². The van der Waals surface area contributed by atoms with Crippen LogP contribution >= 0.6 is 0 Å². The number of hydrazone groups is 1. The second-order valence-electron chi connectivity index (χ2n) is 6.88. The van der Waals surface area contributed by atoms with Crippen LogP contribution in [-0.2, 0) is 16.2 Å². The predicted molar refractivity (Wildman–Crippen MR) is 121 cm³/mol. The van der Waals surface area contributed by atoms with Crippen LogP contribution in [0.1, 0.15) is 35.3 Å². The zero-order valence-corrected chi connectivity index (χ0v) is 18.1. The van der Waals surface area contributed by atoms with E-state index in [2.05, 4.69) is 10.5 Å². The summed E-state index contributed by atoms with van der Waals surface area (Å²) in [6.45, 7) is 2.93. The van der Waals surface area contributed by atoms with Crippen LogP contribution in [0.4, 0.5) is 0 Å². The van der Waals surface area contributed by atoms with Crippen LogP contribution in [0.25, 0.3) is 0 Å². The zero-order valence-electron chi connectivity index (χ0n) is 18.1. The molecule has 0 bridgehead atoms. The van der Waals surface area contributed by atoms with Crippen LogP contribution in [0.15, 0.2) is 77.9 Å². The highest BCUT2D eigenvalue weighted by atomic mass is 16.5. The third-order valence-electron chi connectivity index (χ3n) is 4.23. The minimum absolute atomic E-state index is 0.138. The van der Waals surface area contributed by atoms with E-state index in [1.807, 2.05) is 30.3 Å². The molecule has 168 valence electrons. The van der Waals surface area contributed by atoms with Crippen LogP contribution in [0.5, 0.6) is 17.2 Å². The quantitative estimate of drug-likeness (QED) is 0.244. The van der Waals surface area contributed by atoms with Gasteiger partial charge in [-0.25, -0.2) is 5.43 Å². The third-order valence-corrected chi connectivity index (χ3v) is 4.23. The van der Waals surface area contributed by atoms with Crippen molar-refractivity contribution in [3.63, 3.8) is 0 Å². The Hall–Kier alpha value is -4.46. The molecule has 0 heterocycles. The summed E-state index contributed by atoms with van der Waals surface area (Å²) < 4.78 is 15.8. The number of esters is 2. The molecule has 3 rings (SSSR count). The Kier molecular flexibility index (Phi) is 7.91. The van der Waals surface area contributed by atoms with E-state index in [1.165, 1.54) is 32.2 Å². The van der Waals surface area contributed by atoms with Gasteiger partial charge in [-0.15, -0.1) is 0 Å². The number of nitrogens with zero attached hydrogens (tertiary/aromatic N) is 1. The Bertz CT molecular complexity index is 1160. The number of carbonyl (C=O) groups excluding carboxylic acids is 3. The molecule has 0 unspecified atom stereocenters. The summed E-state index contributed by atoms with van der Waals surface area (Å²) in [6, 6.07) is 20.9. The molecule has 8 nitrogen and oxygen atoms in total. The summed E-state index contributed by atoms with van der Waals surface area (Å²) in [5, 5.41) is 3.92. The summed E-state index contributed by atoms with van der Waals surface area (Å²) in [7, 11) is 0. The largest absolute Gasteiger partial charge is 0.489 e. The maximum Gasteiger partial charge on any atom is 0.308 e. The molecule has 0 aliphatic carbocycles. The molecule has 0 saturated carbocycles. The number of ether oxygens (including phenoxy) is 3. The molecule has 0 radical (unpaired) electrons. The third kappa shape index (κ3) is 7.32. The molecular weight excluding hydrogens is 424 g/mol. The van der Waals surface area contributed by atoms with Crippen molar-refractivity contribution in [1.82, 2.24) is 5.43 Å². The molecule has 0 spiro atoms. The molecule has 1 N–H and O–H groups in total. The predicted octanol–water partition coefficient (Wildman–Crippen LogP) is 3.88. The summed E-state index contributed by atoms with van der Waals surface area (Å²) in [5.41, 5.74) is 4.26. The highest BCUT2D eigenvalue weighted by Gasteiger charge is 2.09. The van der Waals surface area contributed by atoms with Gasteiger partial charge >= 0.3 is 11.9 Å². The van der Waals surface area contributed by atoms with E-state index in [4.69, 9.17) is 14.2 Å². The standard InChI is InChI=1S/C25H22N2O6/c1-17(28)32-23-13-10-21(24(14-23)33-18(2)29)15-26-27-25(30)20-8-11-22(12-9-20)31-16-19-6-4-3-5-7-19/h3-15H,16H2,1-2H3,(H,27,30)/b26-15-. The van der Waals surface area contributed by atoms with Crippen LogP contribution < -0.4 is 19.6 Å². The lowest BCUT2D eigenvalue weighted by Gasteiger charge is -2.08. The average Bonchev–Trinajstić information content (AvgIpc) is 2.79. The Morgan fingerprint density at radius 3 is 2.18 bits per heavy atom. The number of amides is 1. The van der Waals surface area contributed by atoms with Gasteiger partial charge in [-0.3, -0.25) is 14.4 Å². The Labute approximate surface area is 190 Å². The molecular formula is C25H22N2O6. The number of rotatable bonds is 8. The Morgan fingerprint density at radius 1 is 0.848 bits per heavy atom. The van der Waals surface area contributed by atoms with Gasteiger partial charge in [0.1, 0.15) is 23.9 Å². The first-order chi connectivity index (χ1) is 15.9. The number of carbonyl (C=O) groups is 3. The van der Waals surface area contributed by atoms with Gasteiger partial charge in [-0.2, -0.15) is 5.10 Å². The molecule has 3 aromatic rings. The van der Waals surface area contributed by atoms with E-state index in [0.717, 1.165) is 5.56 Å². The molecule has 0 saturated heterocycles. The lowest BCUT2D eigenvalue weighted by atomic mass is 10.2. The second kappa shape index (κ2) is 11.2. The molecule has 8 heteroatoms. The number of hydrogen-bond acceptors (Lipinski definition) is 7. The van der Waals surface area contributed by atoms with E-state index >= 15 is 0 Å². The van der Waals surface area contributed by atoms with Crippen molar-refractivity contribution in [1.29, 1.82) is 0 Å². The molecule has 0 fully saturated rings. The first-order valence-corrected chi connectivity index (χ1v) is 10.0. The van der Waals surface area contributed by atoms with E-state index in [-0.39, 0.29) is 11.5 Å². The van der Waals surface area contributed by atoms with Crippen molar-refractivity contribution in [3.05, 3.63) is 89.5 Å². The van der Waals surface area contributed by atoms with Gasteiger partial charge in [0, 0.05) is 31.0 Å². The van der Waals surface area contributed by atoms with Gasteiger partial charge in [-0.1, -0.05) is 30.3 Å². The summed E-state index contributed by atoms with van der Waals surface area (Å²) >= 11 is 0. The first-order valence-electron chi connectivity index (χ1n) is 10.0. The molecule has 0 aliphatic rings. The summed E-state index contributed by atoms with van der Waals surface area (Å²) in [6.07, 6.45) is 1.32. The zero-order chi connectivity index (χ0) is 23.6. The van der Waals surface area contributed by atoms with Crippen molar-refractivity contribution in [2.75, 3.05) is 0 Å². The van der Waals surface area contributed by atoms with Crippen molar-refractivity contribution in [2.24, 2.45) is 5.10 Å². The minimum atomic E-state index is -0.553. The molecule has 0 aromatic heterocycles. The van der Waals surface area contributed by atoms with Gasteiger partial charge in [0.15, 0.2) is 0 Å². The van der Waals surface area contributed by atoms with E-state index in [9.17, 15) is 14.4 Å². The van der Waals surface area contributed by atoms with Crippen molar-refractivity contribution in [3.8, 4) is 17.2 Å². The van der Waals surface area contributed by atoms with E-state index < -0.39 is 17.8 Å². The number of hydrogen-bond donors (Lipinski definition) is 1. The molecule has 0 aliphatic heterocycles. The Balaban J connectivity index is 1.60. The second-order valence-corrected chi connectivity index (χ2v) is 6.88. The van der Waals surface area contributed by atoms with E-state index in [1.54, 1.807) is 30.3 Å². The maximum absolute atomic E-state index is 12.4. The fraction of sp³-hybridized carbons (Fsp3) is 0.120. The van der Waals surface area contributed by atoms with Gasteiger partial charge < -0.3 is 14.2 Å². The normalized spacial score (nSPS) is 10.5. The molecule has 0 atom stereocenters. The maximum atomic E-state index is 12.4. The smallest absolute Gasteiger partial charge is 0.308 e. The average molecular weight is 446 g/mol. The summed E-state index contributed by atoms with van der Waals surface area (Å²) in [5.74, 6) is -0.491.